The molecule has 0 spiro atoms. The number of benzene rings is 1. The monoisotopic (exact) mass is 311 g/mol. The minimum absolute atomic E-state index is 0.00426. The van der Waals surface area contributed by atoms with Crippen molar-refractivity contribution in [3.05, 3.63) is 53.3 Å². The number of fused-ring (bicyclic) bond motifs is 1. The van der Waals surface area contributed by atoms with Crippen LogP contribution in [0.1, 0.15) is 42.6 Å². The zero-order chi connectivity index (χ0) is 16.4. The van der Waals surface area contributed by atoms with E-state index in [-0.39, 0.29) is 12.1 Å². The molecule has 0 aliphatic carbocycles. The molecule has 23 heavy (non-hydrogen) atoms. The first kappa shape index (κ1) is 15.7. The average molecular weight is 311 g/mol. The van der Waals surface area contributed by atoms with Crippen LogP contribution in [-0.4, -0.2) is 22.0 Å². The number of hydrogen-bond acceptors (Lipinski definition) is 1. The van der Waals surface area contributed by atoms with Crippen LogP contribution in [0.2, 0.25) is 0 Å². The third kappa shape index (κ3) is 3.11. The fourth-order valence-corrected chi connectivity index (χ4v) is 3.34. The van der Waals surface area contributed by atoms with Gasteiger partial charge in [-0.1, -0.05) is 25.5 Å². The molecule has 4 heteroatoms. The molecule has 0 fully saturated rings. The van der Waals surface area contributed by atoms with Gasteiger partial charge in [0.05, 0.1) is 6.04 Å². The fourth-order valence-electron chi connectivity index (χ4n) is 3.34. The number of amides is 2. The standard InChI is InChI=1S/C19H25N3O/c1-4-6-18-17-7-5-10-21(17)11-12-22(18)19(23)20-16-13-14(2)8-9-15(16)3/h5,7-10,13,18H,4,6,11-12H2,1-3H3,(H,20,23). The van der Waals surface area contributed by atoms with Gasteiger partial charge in [0.1, 0.15) is 0 Å². The Labute approximate surface area is 138 Å². The Morgan fingerprint density at radius 1 is 1.26 bits per heavy atom. The molecule has 1 atom stereocenters. The Bertz CT molecular complexity index is 704. The summed E-state index contributed by atoms with van der Waals surface area (Å²) in [6, 6.07) is 10.5. The van der Waals surface area contributed by atoms with E-state index in [1.54, 1.807) is 0 Å². The van der Waals surface area contributed by atoms with E-state index in [1.807, 2.05) is 24.8 Å². The first-order chi connectivity index (χ1) is 11.1. The van der Waals surface area contributed by atoms with Crippen LogP contribution < -0.4 is 5.32 Å². The van der Waals surface area contributed by atoms with Crippen LogP contribution in [-0.2, 0) is 6.54 Å². The Kier molecular flexibility index (Phi) is 4.42. The minimum atomic E-state index is 0.00426. The lowest BCUT2D eigenvalue weighted by Crippen LogP contribution is -2.44. The largest absolute Gasteiger partial charge is 0.348 e. The molecule has 0 saturated carbocycles. The van der Waals surface area contributed by atoms with Crippen molar-refractivity contribution in [1.29, 1.82) is 0 Å². The molecule has 1 aliphatic heterocycles. The molecule has 0 radical (unpaired) electrons. The summed E-state index contributed by atoms with van der Waals surface area (Å²) in [6.45, 7) is 7.86. The Morgan fingerprint density at radius 3 is 2.87 bits per heavy atom. The van der Waals surface area contributed by atoms with E-state index >= 15 is 0 Å². The van der Waals surface area contributed by atoms with Crippen molar-refractivity contribution in [2.24, 2.45) is 0 Å². The average Bonchev–Trinajstić information content (AvgIpc) is 3.00. The zero-order valence-electron chi connectivity index (χ0n) is 14.2. The summed E-state index contributed by atoms with van der Waals surface area (Å²) in [5.74, 6) is 0. The van der Waals surface area contributed by atoms with Crippen LogP contribution in [0.25, 0.3) is 0 Å². The summed E-state index contributed by atoms with van der Waals surface area (Å²) in [6.07, 6.45) is 4.16. The van der Waals surface area contributed by atoms with Crippen LogP contribution in [0.15, 0.2) is 36.5 Å². The van der Waals surface area contributed by atoms with E-state index in [0.29, 0.717) is 0 Å². The number of hydrogen-bond donors (Lipinski definition) is 1. The molecule has 4 nitrogen and oxygen atoms in total. The van der Waals surface area contributed by atoms with Gasteiger partial charge >= 0.3 is 6.03 Å². The van der Waals surface area contributed by atoms with Gasteiger partial charge in [-0.05, 0) is 49.6 Å². The molecule has 1 unspecified atom stereocenters. The molecule has 1 aromatic carbocycles. The summed E-state index contributed by atoms with van der Waals surface area (Å²) >= 11 is 0. The van der Waals surface area contributed by atoms with Gasteiger partial charge in [0.25, 0.3) is 0 Å². The number of urea groups is 1. The van der Waals surface area contributed by atoms with E-state index in [1.165, 1.54) is 5.69 Å². The highest BCUT2D eigenvalue weighted by molar-refractivity contribution is 5.90. The van der Waals surface area contributed by atoms with Crippen molar-refractivity contribution in [3.8, 4) is 0 Å². The highest BCUT2D eigenvalue weighted by atomic mass is 16.2. The summed E-state index contributed by atoms with van der Waals surface area (Å²) in [4.78, 5) is 14.8. The molecule has 0 saturated heterocycles. The Balaban J connectivity index is 1.82. The minimum Gasteiger partial charge on any atom is -0.348 e. The highest BCUT2D eigenvalue weighted by Crippen LogP contribution is 2.30. The number of aromatic nitrogens is 1. The van der Waals surface area contributed by atoms with Gasteiger partial charge in [0.2, 0.25) is 0 Å². The van der Waals surface area contributed by atoms with Gasteiger partial charge in [-0.2, -0.15) is 0 Å². The third-order valence-corrected chi connectivity index (χ3v) is 4.62. The Hall–Kier alpha value is -2.23. The van der Waals surface area contributed by atoms with E-state index in [9.17, 15) is 4.79 Å². The van der Waals surface area contributed by atoms with E-state index in [0.717, 1.165) is 42.7 Å². The molecule has 1 aliphatic rings. The quantitative estimate of drug-likeness (QED) is 0.890. The topological polar surface area (TPSA) is 37.3 Å². The molecular formula is C19H25N3O. The third-order valence-electron chi connectivity index (χ3n) is 4.62. The van der Waals surface area contributed by atoms with E-state index in [4.69, 9.17) is 0 Å². The van der Waals surface area contributed by atoms with Crippen LogP contribution >= 0.6 is 0 Å². The first-order valence-electron chi connectivity index (χ1n) is 8.40. The maximum Gasteiger partial charge on any atom is 0.322 e. The lowest BCUT2D eigenvalue weighted by atomic mass is 10.0. The number of nitrogens with one attached hydrogen (secondary N) is 1. The molecule has 3 rings (SSSR count). The first-order valence-corrected chi connectivity index (χ1v) is 8.40. The van der Waals surface area contributed by atoms with Crippen LogP contribution in [0, 0.1) is 13.8 Å². The van der Waals surface area contributed by atoms with Crippen molar-refractivity contribution >= 4 is 11.7 Å². The number of carbonyl (C=O) groups excluding carboxylic acids is 1. The number of rotatable bonds is 3. The maximum atomic E-state index is 12.9. The number of nitrogens with zero attached hydrogens (tertiary/aromatic N) is 2. The smallest absolute Gasteiger partial charge is 0.322 e. The van der Waals surface area contributed by atoms with Gasteiger partial charge in [0, 0.05) is 30.7 Å². The molecule has 122 valence electrons. The number of anilines is 1. The second kappa shape index (κ2) is 6.49. The van der Waals surface area contributed by atoms with E-state index < -0.39 is 0 Å². The number of aryl methyl sites for hydroxylation is 2. The van der Waals surface area contributed by atoms with Gasteiger partial charge in [-0.3, -0.25) is 0 Å². The van der Waals surface area contributed by atoms with Gasteiger partial charge in [0.15, 0.2) is 0 Å². The maximum absolute atomic E-state index is 12.9. The second-order valence-corrected chi connectivity index (χ2v) is 6.37. The molecule has 0 bridgehead atoms. The van der Waals surface area contributed by atoms with Crippen LogP contribution in [0.4, 0.5) is 10.5 Å². The highest BCUT2D eigenvalue weighted by Gasteiger charge is 2.30. The molecule has 2 heterocycles. The summed E-state index contributed by atoms with van der Waals surface area (Å²) in [5, 5.41) is 3.11. The fraction of sp³-hybridized carbons (Fsp3) is 0.421. The molecular weight excluding hydrogens is 286 g/mol. The number of carbonyl (C=O) groups is 1. The van der Waals surface area contributed by atoms with Gasteiger partial charge < -0.3 is 14.8 Å². The van der Waals surface area contributed by atoms with Gasteiger partial charge in [-0.15, -0.1) is 0 Å². The summed E-state index contributed by atoms with van der Waals surface area (Å²) in [7, 11) is 0. The molecule has 2 aromatic rings. The Morgan fingerprint density at radius 2 is 2.09 bits per heavy atom. The molecule has 1 N–H and O–H groups in total. The van der Waals surface area contributed by atoms with Crippen molar-refractivity contribution in [2.45, 2.75) is 46.2 Å². The normalized spacial score (nSPS) is 17.0. The van der Waals surface area contributed by atoms with Crippen molar-refractivity contribution in [2.75, 3.05) is 11.9 Å². The predicted octanol–water partition coefficient (Wildman–Crippen LogP) is 4.49. The second-order valence-electron chi connectivity index (χ2n) is 6.37. The van der Waals surface area contributed by atoms with Crippen molar-refractivity contribution in [3.63, 3.8) is 0 Å². The predicted molar refractivity (Wildman–Crippen MR) is 93.7 cm³/mol. The summed E-state index contributed by atoms with van der Waals surface area (Å²) < 4.78 is 2.27. The lowest BCUT2D eigenvalue weighted by molar-refractivity contribution is 0.163. The van der Waals surface area contributed by atoms with Crippen LogP contribution in [0.5, 0.6) is 0 Å². The van der Waals surface area contributed by atoms with Gasteiger partial charge in [-0.25, -0.2) is 4.79 Å². The SMILES string of the molecule is CCCC1c2cccn2CCN1C(=O)Nc1cc(C)ccc1C. The molecule has 1 aromatic heterocycles. The van der Waals surface area contributed by atoms with E-state index in [2.05, 4.69) is 47.3 Å². The van der Waals surface area contributed by atoms with Crippen molar-refractivity contribution in [1.82, 2.24) is 9.47 Å². The van der Waals surface area contributed by atoms with Crippen LogP contribution in [0.3, 0.4) is 0 Å². The van der Waals surface area contributed by atoms with Crippen molar-refractivity contribution < 1.29 is 4.79 Å². The molecule has 2 amide bonds. The summed E-state index contributed by atoms with van der Waals surface area (Å²) in [5.41, 5.74) is 4.40. The lowest BCUT2D eigenvalue weighted by Gasteiger charge is -2.37. The zero-order valence-corrected chi connectivity index (χ0v) is 14.2.